The highest BCUT2D eigenvalue weighted by Crippen LogP contribution is 2.31. The van der Waals surface area contributed by atoms with Crippen LogP contribution in [-0.2, 0) is 5.41 Å². The van der Waals surface area contributed by atoms with Crippen LogP contribution in [0.25, 0.3) is 22.2 Å². The van der Waals surface area contributed by atoms with Crippen LogP contribution < -0.4 is 0 Å². The first-order chi connectivity index (χ1) is 9.05. The first kappa shape index (κ1) is 12.0. The van der Waals surface area contributed by atoms with Crippen LogP contribution in [0.5, 0.6) is 0 Å². The highest BCUT2D eigenvalue weighted by molar-refractivity contribution is 5.93. The maximum atomic E-state index is 4.45. The van der Waals surface area contributed by atoms with E-state index in [1.165, 1.54) is 16.6 Å². The van der Waals surface area contributed by atoms with Gasteiger partial charge in [0.25, 0.3) is 0 Å². The smallest absolute Gasteiger partial charge is 0.0723 e. The molecule has 0 atom stereocenters. The summed E-state index contributed by atoms with van der Waals surface area (Å²) in [7, 11) is 0. The molecule has 3 aromatic rings. The molecular weight excluding hydrogens is 232 g/mol. The van der Waals surface area contributed by atoms with Gasteiger partial charge in [0.15, 0.2) is 0 Å². The van der Waals surface area contributed by atoms with Crippen molar-refractivity contribution in [1.82, 2.24) is 9.97 Å². The number of para-hydroxylation sites is 1. The van der Waals surface area contributed by atoms with Gasteiger partial charge in [-0.05, 0) is 18.2 Å². The molecule has 0 bridgehead atoms. The van der Waals surface area contributed by atoms with E-state index >= 15 is 0 Å². The molecule has 1 N–H and O–H groups in total. The second kappa shape index (κ2) is 4.23. The molecule has 2 heteroatoms. The molecule has 0 unspecified atom stereocenters. The van der Waals surface area contributed by atoms with Crippen molar-refractivity contribution in [2.75, 3.05) is 0 Å². The van der Waals surface area contributed by atoms with Crippen LogP contribution in [0.4, 0.5) is 0 Å². The van der Waals surface area contributed by atoms with Crippen molar-refractivity contribution in [3.8, 4) is 11.3 Å². The lowest BCUT2D eigenvalue weighted by Gasteiger charge is -2.15. The van der Waals surface area contributed by atoms with Gasteiger partial charge in [0, 0.05) is 28.3 Å². The first-order valence-corrected chi connectivity index (χ1v) is 6.59. The topological polar surface area (TPSA) is 28.7 Å². The standard InChI is InChI=1S/C17H18N2/c1-17(2,3)15-11-12-7-6-8-13(16(12)19-15)14-9-4-5-10-18-14/h4-11,19H,1-3H3. The van der Waals surface area contributed by atoms with Crippen LogP contribution in [-0.4, -0.2) is 9.97 Å². The minimum Gasteiger partial charge on any atom is -0.357 e. The number of rotatable bonds is 1. The third kappa shape index (κ3) is 2.14. The number of nitrogens with zero attached hydrogens (tertiary/aromatic N) is 1. The summed E-state index contributed by atoms with van der Waals surface area (Å²) in [4.78, 5) is 8.01. The highest BCUT2D eigenvalue weighted by Gasteiger charge is 2.17. The lowest BCUT2D eigenvalue weighted by Crippen LogP contribution is -2.11. The zero-order chi connectivity index (χ0) is 13.5. The number of pyridine rings is 1. The Hall–Kier alpha value is -2.09. The van der Waals surface area contributed by atoms with Crippen LogP contribution in [0.15, 0.2) is 48.7 Å². The van der Waals surface area contributed by atoms with E-state index in [4.69, 9.17) is 0 Å². The lowest BCUT2D eigenvalue weighted by molar-refractivity contribution is 0.574. The fraction of sp³-hybridized carbons (Fsp3) is 0.235. The van der Waals surface area contributed by atoms with E-state index in [0.29, 0.717) is 0 Å². The fourth-order valence-corrected chi connectivity index (χ4v) is 2.30. The Bertz CT molecular complexity index is 703. The van der Waals surface area contributed by atoms with Gasteiger partial charge in [-0.3, -0.25) is 4.98 Å². The van der Waals surface area contributed by atoms with Gasteiger partial charge in [-0.1, -0.05) is 45.0 Å². The molecule has 0 fully saturated rings. The number of nitrogens with one attached hydrogen (secondary N) is 1. The zero-order valence-corrected chi connectivity index (χ0v) is 11.6. The Labute approximate surface area is 113 Å². The Balaban J connectivity index is 2.24. The normalized spacial score (nSPS) is 11.9. The lowest BCUT2D eigenvalue weighted by atomic mass is 9.92. The van der Waals surface area contributed by atoms with Gasteiger partial charge >= 0.3 is 0 Å². The van der Waals surface area contributed by atoms with E-state index in [9.17, 15) is 0 Å². The van der Waals surface area contributed by atoms with E-state index in [1.807, 2.05) is 24.4 Å². The molecule has 0 aliphatic rings. The molecule has 3 rings (SSSR count). The molecule has 0 radical (unpaired) electrons. The molecule has 2 heterocycles. The molecule has 19 heavy (non-hydrogen) atoms. The molecule has 0 amide bonds. The van der Waals surface area contributed by atoms with Crippen LogP contribution in [0.1, 0.15) is 26.5 Å². The van der Waals surface area contributed by atoms with E-state index in [1.54, 1.807) is 0 Å². The monoisotopic (exact) mass is 250 g/mol. The molecule has 0 saturated carbocycles. The van der Waals surface area contributed by atoms with E-state index in [-0.39, 0.29) is 5.41 Å². The molecule has 0 aliphatic carbocycles. The van der Waals surface area contributed by atoms with E-state index < -0.39 is 0 Å². The third-order valence-electron chi connectivity index (χ3n) is 3.41. The second-order valence-electron chi connectivity index (χ2n) is 5.92. The van der Waals surface area contributed by atoms with Crippen molar-refractivity contribution in [1.29, 1.82) is 0 Å². The maximum Gasteiger partial charge on any atom is 0.0723 e. The number of aromatic amines is 1. The summed E-state index contributed by atoms with van der Waals surface area (Å²) in [6, 6.07) is 14.6. The summed E-state index contributed by atoms with van der Waals surface area (Å²) in [5.74, 6) is 0. The minimum absolute atomic E-state index is 0.125. The summed E-state index contributed by atoms with van der Waals surface area (Å²) >= 11 is 0. The average Bonchev–Trinajstić information content (AvgIpc) is 2.83. The molecule has 2 aromatic heterocycles. The van der Waals surface area contributed by atoms with Crippen molar-refractivity contribution in [3.63, 3.8) is 0 Å². The number of benzene rings is 1. The first-order valence-electron chi connectivity index (χ1n) is 6.59. The van der Waals surface area contributed by atoms with Crippen LogP contribution in [0, 0.1) is 0 Å². The van der Waals surface area contributed by atoms with Crippen molar-refractivity contribution in [2.24, 2.45) is 0 Å². The maximum absolute atomic E-state index is 4.45. The molecule has 2 nitrogen and oxygen atoms in total. The van der Waals surface area contributed by atoms with Gasteiger partial charge < -0.3 is 4.98 Å². The summed E-state index contributed by atoms with van der Waals surface area (Å²) in [5, 5.41) is 1.24. The van der Waals surface area contributed by atoms with Gasteiger partial charge in [0.2, 0.25) is 0 Å². The Morgan fingerprint density at radius 3 is 2.53 bits per heavy atom. The SMILES string of the molecule is CC(C)(C)c1cc2cccc(-c3ccccn3)c2[nH]1. The summed E-state index contributed by atoms with van der Waals surface area (Å²) in [6.45, 7) is 6.66. The molecule has 0 saturated heterocycles. The molecule has 1 aromatic carbocycles. The highest BCUT2D eigenvalue weighted by atomic mass is 14.7. The van der Waals surface area contributed by atoms with Crippen molar-refractivity contribution >= 4 is 10.9 Å². The molecule has 0 spiro atoms. The Morgan fingerprint density at radius 1 is 1.00 bits per heavy atom. The van der Waals surface area contributed by atoms with Gasteiger partial charge in [-0.25, -0.2) is 0 Å². The second-order valence-corrected chi connectivity index (χ2v) is 5.92. The van der Waals surface area contributed by atoms with Gasteiger partial charge in [0.05, 0.1) is 11.2 Å². The van der Waals surface area contributed by atoms with Gasteiger partial charge in [-0.2, -0.15) is 0 Å². The number of hydrogen-bond donors (Lipinski definition) is 1. The molecular formula is C17H18N2. The molecule has 0 aliphatic heterocycles. The average molecular weight is 250 g/mol. The van der Waals surface area contributed by atoms with Gasteiger partial charge in [-0.15, -0.1) is 0 Å². The predicted octanol–water partition coefficient (Wildman–Crippen LogP) is 4.53. The third-order valence-corrected chi connectivity index (χ3v) is 3.41. The van der Waals surface area contributed by atoms with Gasteiger partial charge in [0.1, 0.15) is 0 Å². The van der Waals surface area contributed by atoms with Crippen LogP contribution in [0.2, 0.25) is 0 Å². The van der Waals surface area contributed by atoms with E-state index in [0.717, 1.165) is 11.3 Å². The number of hydrogen-bond acceptors (Lipinski definition) is 1. The number of aromatic nitrogens is 2. The summed E-state index contributed by atoms with van der Waals surface area (Å²) < 4.78 is 0. The van der Waals surface area contributed by atoms with Crippen LogP contribution >= 0.6 is 0 Å². The van der Waals surface area contributed by atoms with E-state index in [2.05, 4.69) is 55.0 Å². The van der Waals surface area contributed by atoms with Crippen LogP contribution in [0.3, 0.4) is 0 Å². The molecule has 96 valence electrons. The largest absolute Gasteiger partial charge is 0.357 e. The van der Waals surface area contributed by atoms with Crippen molar-refractivity contribution in [3.05, 3.63) is 54.4 Å². The zero-order valence-electron chi connectivity index (χ0n) is 11.6. The van der Waals surface area contributed by atoms with Crippen molar-refractivity contribution in [2.45, 2.75) is 26.2 Å². The summed E-state index contributed by atoms with van der Waals surface area (Å²) in [5.41, 5.74) is 4.72. The Morgan fingerprint density at radius 2 is 1.84 bits per heavy atom. The number of fused-ring (bicyclic) bond motifs is 1. The number of H-pyrrole nitrogens is 1. The summed E-state index contributed by atoms with van der Waals surface area (Å²) in [6.07, 6.45) is 1.84. The predicted molar refractivity (Wildman–Crippen MR) is 80.2 cm³/mol. The fourth-order valence-electron chi connectivity index (χ4n) is 2.30. The Kier molecular flexibility index (Phi) is 2.67. The quantitative estimate of drug-likeness (QED) is 0.675. The minimum atomic E-state index is 0.125. The van der Waals surface area contributed by atoms with Crippen molar-refractivity contribution < 1.29 is 0 Å².